The average molecular weight is 356 g/mol. The molecule has 1 saturated heterocycles. The standard InChI is InChI=1S/C15H22BrN3O2/c1-15(2,3)21-14(20)19-7-6-11(10-19)8-17-13-5-4-12(16)9-18-13/h4-5,9,11H,6-8,10H2,1-3H3,(H,17,18)/t11-/m0/s1. The maximum atomic E-state index is 12.0. The third-order valence-electron chi connectivity index (χ3n) is 3.24. The minimum absolute atomic E-state index is 0.216. The van der Waals surface area contributed by atoms with Gasteiger partial charge in [-0.05, 0) is 61.2 Å². The van der Waals surface area contributed by atoms with Crippen molar-refractivity contribution < 1.29 is 9.53 Å². The lowest BCUT2D eigenvalue weighted by Crippen LogP contribution is -2.35. The Morgan fingerprint density at radius 2 is 2.29 bits per heavy atom. The van der Waals surface area contributed by atoms with Crippen molar-refractivity contribution >= 4 is 27.8 Å². The molecule has 0 spiro atoms. The van der Waals surface area contributed by atoms with E-state index in [1.54, 1.807) is 11.1 Å². The second kappa shape index (κ2) is 6.64. The Bertz CT molecular complexity index is 485. The van der Waals surface area contributed by atoms with Gasteiger partial charge in [-0.1, -0.05) is 0 Å². The maximum absolute atomic E-state index is 12.0. The van der Waals surface area contributed by atoms with Gasteiger partial charge in [-0.25, -0.2) is 9.78 Å². The monoisotopic (exact) mass is 355 g/mol. The summed E-state index contributed by atoms with van der Waals surface area (Å²) < 4.78 is 6.36. The molecule has 1 aliphatic heterocycles. The number of nitrogens with one attached hydrogen (secondary N) is 1. The number of halogens is 1. The molecule has 0 radical (unpaired) electrons. The first kappa shape index (κ1) is 16.1. The summed E-state index contributed by atoms with van der Waals surface area (Å²) in [4.78, 5) is 18.0. The molecular weight excluding hydrogens is 334 g/mol. The highest BCUT2D eigenvalue weighted by molar-refractivity contribution is 9.10. The Kier molecular flexibility index (Phi) is 5.08. The van der Waals surface area contributed by atoms with Crippen LogP contribution in [0.5, 0.6) is 0 Å². The average Bonchev–Trinajstić information content (AvgIpc) is 2.85. The van der Waals surface area contributed by atoms with Gasteiger partial charge >= 0.3 is 6.09 Å². The van der Waals surface area contributed by atoms with Crippen LogP contribution >= 0.6 is 15.9 Å². The predicted octanol–water partition coefficient (Wildman–Crippen LogP) is 3.51. The van der Waals surface area contributed by atoms with E-state index in [4.69, 9.17) is 4.74 Å². The van der Waals surface area contributed by atoms with Crippen LogP contribution < -0.4 is 5.32 Å². The van der Waals surface area contributed by atoms with Gasteiger partial charge in [-0.3, -0.25) is 0 Å². The number of aromatic nitrogens is 1. The first-order chi connectivity index (χ1) is 9.83. The van der Waals surface area contributed by atoms with Crippen molar-refractivity contribution in [3.63, 3.8) is 0 Å². The molecule has 116 valence electrons. The summed E-state index contributed by atoms with van der Waals surface area (Å²) in [6.45, 7) is 7.97. The number of ether oxygens (including phenoxy) is 1. The Balaban J connectivity index is 1.77. The van der Waals surface area contributed by atoms with Gasteiger partial charge in [0.15, 0.2) is 0 Å². The van der Waals surface area contributed by atoms with Gasteiger partial charge in [-0.2, -0.15) is 0 Å². The summed E-state index contributed by atoms with van der Waals surface area (Å²) in [5.74, 6) is 1.29. The summed E-state index contributed by atoms with van der Waals surface area (Å²) in [5.41, 5.74) is -0.436. The van der Waals surface area contributed by atoms with Crippen LogP contribution in [0.15, 0.2) is 22.8 Å². The van der Waals surface area contributed by atoms with Gasteiger partial charge < -0.3 is 15.0 Å². The maximum Gasteiger partial charge on any atom is 0.410 e. The summed E-state index contributed by atoms with van der Waals surface area (Å²) in [7, 11) is 0. The van der Waals surface area contributed by atoms with E-state index in [1.807, 2.05) is 32.9 Å². The predicted molar refractivity (Wildman–Crippen MR) is 86.3 cm³/mol. The number of amides is 1. The third-order valence-corrected chi connectivity index (χ3v) is 3.71. The lowest BCUT2D eigenvalue weighted by Gasteiger charge is -2.24. The number of nitrogens with zero attached hydrogens (tertiary/aromatic N) is 2. The minimum Gasteiger partial charge on any atom is -0.444 e. The molecule has 1 aromatic rings. The largest absolute Gasteiger partial charge is 0.444 e. The van der Waals surface area contributed by atoms with Crippen LogP contribution in [0.2, 0.25) is 0 Å². The van der Waals surface area contributed by atoms with Crippen LogP contribution in [0, 0.1) is 5.92 Å². The van der Waals surface area contributed by atoms with E-state index >= 15 is 0 Å². The summed E-state index contributed by atoms with van der Waals surface area (Å²) in [6, 6.07) is 3.89. The van der Waals surface area contributed by atoms with Gasteiger partial charge in [0.05, 0.1) is 0 Å². The zero-order chi connectivity index (χ0) is 15.5. The van der Waals surface area contributed by atoms with Crippen molar-refractivity contribution in [2.75, 3.05) is 25.0 Å². The fourth-order valence-corrected chi connectivity index (χ4v) is 2.46. The van der Waals surface area contributed by atoms with Gasteiger partial charge in [-0.15, -0.1) is 0 Å². The molecule has 2 rings (SSSR count). The smallest absolute Gasteiger partial charge is 0.410 e. The van der Waals surface area contributed by atoms with E-state index in [1.165, 1.54) is 0 Å². The van der Waals surface area contributed by atoms with Crippen molar-refractivity contribution in [2.24, 2.45) is 5.92 Å². The fraction of sp³-hybridized carbons (Fsp3) is 0.600. The molecule has 2 heterocycles. The molecule has 0 aromatic carbocycles. The van der Waals surface area contributed by atoms with E-state index < -0.39 is 5.60 Å². The number of hydrogen-bond donors (Lipinski definition) is 1. The normalized spacial score (nSPS) is 18.7. The molecule has 21 heavy (non-hydrogen) atoms. The molecule has 1 amide bonds. The van der Waals surface area contributed by atoms with Crippen LogP contribution in [0.3, 0.4) is 0 Å². The lowest BCUT2D eigenvalue weighted by atomic mass is 10.1. The molecule has 0 saturated carbocycles. The SMILES string of the molecule is CC(C)(C)OC(=O)N1CC[C@@H](CNc2ccc(Br)cn2)C1. The molecule has 6 heteroatoms. The quantitative estimate of drug-likeness (QED) is 0.901. The number of pyridine rings is 1. The van der Waals surface area contributed by atoms with E-state index in [9.17, 15) is 4.79 Å². The van der Waals surface area contributed by atoms with Crippen molar-refractivity contribution in [1.82, 2.24) is 9.88 Å². The number of anilines is 1. The number of carbonyl (C=O) groups is 1. The zero-order valence-electron chi connectivity index (χ0n) is 12.7. The lowest BCUT2D eigenvalue weighted by molar-refractivity contribution is 0.0289. The van der Waals surface area contributed by atoms with E-state index in [0.717, 1.165) is 36.3 Å². The fourth-order valence-electron chi connectivity index (χ4n) is 2.22. The van der Waals surface area contributed by atoms with Crippen molar-refractivity contribution in [2.45, 2.75) is 32.8 Å². The second-order valence-electron chi connectivity index (χ2n) is 6.32. The van der Waals surface area contributed by atoms with Crippen LogP contribution in [0.25, 0.3) is 0 Å². The van der Waals surface area contributed by atoms with Crippen molar-refractivity contribution in [1.29, 1.82) is 0 Å². The number of carbonyl (C=O) groups excluding carboxylic acids is 1. The molecular formula is C15H22BrN3O2. The molecule has 0 aliphatic carbocycles. The van der Waals surface area contributed by atoms with Gasteiger partial charge in [0.25, 0.3) is 0 Å². The first-order valence-electron chi connectivity index (χ1n) is 7.17. The van der Waals surface area contributed by atoms with Crippen molar-refractivity contribution in [3.8, 4) is 0 Å². The summed E-state index contributed by atoms with van der Waals surface area (Å²) in [5, 5.41) is 3.31. The minimum atomic E-state index is -0.436. The Labute approximate surface area is 134 Å². The number of hydrogen-bond acceptors (Lipinski definition) is 4. The molecule has 1 aromatic heterocycles. The molecule has 5 nitrogen and oxygen atoms in total. The molecule has 1 atom stereocenters. The number of likely N-dealkylation sites (tertiary alicyclic amines) is 1. The third kappa shape index (κ3) is 5.19. The van der Waals surface area contributed by atoms with Crippen LogP contribution in [0.4, 0.5) is 10.6 Å². The highest BCUT2D eigenvalue weighted by Crippen LogP contribution is 2.20. The second-order valence-corrected chi connectivity index (χ2v) is 7.24. The van der Waals surface area contributed by atoms with Crippen LogP contribution in [-0.2, 0) is 4.74 Å². The molecule has 1 N–H and O–H groups in total. The van der Waals surface area contributed by atoms with Gasteiger partial charge in [0, 0.05) is 30.3 Å². The van der Waals surface area contributed by atoms with Gasteiger partial charge in [0.1, 0.15) is 11.4 Å². The van der Waals surface area contributed by atoms with Crippen molar-refractivity contribution in [3.05, 3.63) is 22.8 Å². The van der Waals surface area contributed by atoms with Crippen LogP contribution in [0.1, 0.15) is 27.2 Å². The zero-order valence-corrected chi connectivity index (χ0v) is 14.3. The molecule has 1 fully saturated rings. The summed E-state index contributed by atoms with van der Waals surface area (Å²) in [6.07, 6.45) is 2.54. The number of rotatable bonds is 3. The molecule has 0 bridgehead atoms. The Morgan fingerprint density at radius 1 is 1.52 bits per heavy atom. The van der Waals surface area contributed by atoms with E-state index in [-0.39, 0.29) is 6.09 Å². The topological polar surface area (TPSA) is 54.5 Å². The highest BCUT2D eigenvalue weighted by atomic mass is 79.9. The van der Waals surface area contributed by atoms with E-state index in [0.29, 0.717) is 5.92 Å². The molecule has 0 unspecified atom stereocenters. The Morgan fingerprint density at radius 3 is 2.90 bits per heavy atom. The van der Waals surface area contributed by atoms with E-state index in [2.05, 4.69) is 26.2 Å². The van der Waals surface area contributed by atoms with Crippen LogP contribution in [-0.4, -0.2) is 41.2 Å². The van der Waals surface area contributed by atoms with Gasteiger partial charge in [0.2, 0.25) is 0 Å². The summed E-state index contributed by atoms with van der Waals surface area (Å²) >= 11 is 3.36. The first-order valence-corrected chi connectivity index (χ1v) is 7.96. The molecule has 1 aliphatic rings. The Hall–Kier alpha value is -1.30. The highest BCUT2D eigenvalue weighted by Gasteiger charge is 2.29.